The number of nitrogens with one attached hydrogen (secondary N) is 1. The predicted octanol–water partition coefficient (Wildman–Crippen LogP) is 2.61. The van der Waals surface area contributed by atoms with Gasteiger partial charge in [0.15, 0.2) is 0 Å². The fourth-order valence-electron chi connectivity index (χ4n) is 2.26. The van der Waals surface area contributed by atoms with Crippen LogP contribution in [0.25, 0.3) is 0 Å². The molecule has 1 aromatic rings. The van der Waals surface area contributed by atoms with E-state index in [9.17, 15) is 23.1 Å². The number of rotatable bonds is 4. The Balaban J connectivity index is 1.76. The highest BCUT2D eigenvalue weighted by Gasteiger charge is 2.30. The number of hydrogen-bond acceptors (Lipinski definition) is 4. The Labute approximate surface area is 130 Å². The zero-order valence-electron chi connectivity index (χ0n) is 11.8. The van der Waals surface area contributed by atoms with Gasteiger partial charge in [0, 0.05) is 12.2 Å². The summed E-state index contributed by atoms with van der Waals surface area (Å²) in [5, 5.41) is 12.6. The summed E-state index contributed by atoms with van der Waals surface area (Å²) in [6.45, 7) is 0. The van der Waals surface area contributed by atoms with Gasteiger partial charge in [-0.15, -0.1) is 0 Å². The summed E-state index contributed by atoms with van der Waals surface area (Å²) in [7, 11) is 0. The number of halogens is 3. The summed E-state index contributed by atoms with van der Waals surface area (Å²) < 4.78 is 37.2. The Hall–Kier alpha value is -1.28. The molecule has 1 amide bonds. The molecule has 1 saturated carbocycles. The summed E-state index contributed by atoms with van der Waals surface area (Å²) >= 11 is 1.10. The van der Waals surface area contributed by atoms with E-state index in [-0.39, 0.29) is 23.8 Å². The molecule has 0 unspecified atom stereocenters. The Kier molecular flexibility index (Phi) is 5.69. The number of aliphatic hydroxyl groups is 1. The van der Waals surface area contributed by atoms with Gasteiger partial charge in [-0.3, -0.25) is 4.79 Å². The zero-order valence-corrected chi connectivity index (χ0v) is 12.6. The van der Waals surface area contributed by atoms with E-state index in [0.29, 0.717) is 17.9 Å². The monoisotopic (exact) mass is 334 g/mol. The molecule has 8 heteroatoms. The summed E-state index contributed by atoms with van der Waals surface area (Å²) in [4.78, 5) is 15.5. The van der Waals surface area contributed by atoms with E-state index in [1.807, 2.05) is 0 Å². The molecule has 1 heterocycles. The highest BCUT2D eigenvalue weighted by molar-refractivity contribution is 7.99. The normalized spacial score (nSPS) is 22.4. The van der Waals surface area contributed by atoms with Crippen molar-refractivity contribution in [1.82, 2.24) is 10.3 Å². The molecule has 1 aliphatic carbocycles. The molecule has 0 radical (unpaired) electrons. The molecule has 0 saturated heterocycles. The quantitative estimate of drug-likeness (QED) is 0.831. The van der Waals surface area contributed by atoms with Gasteiger partial charge >= 0.3 is 6.18 Å². The third kappa shape index (κ3) is 5.17. The number of carbonyl (C=O) groups is 1. The topological polar surface area (TPSA) is 62.2 Å². The first-order valence-corrected chi connectivity index (χ1v) is 7.96. The van der Waals surface area contributed by atoms with Gasteiger partial charge < -0.3 is 10.4 Å². The van der Waals surface area contributed by atoms with Gasteiger partial charge in [0.25, 0.3) is 0 Å². The van der Waals surface area contributed by atoms with Crippen molar-refractivity contribution in [2.75, 3.05) is 5.75 Å². The fraction of sp³-hybridized carbons (Fsp3) is 0.571. The smallest absolute Gasteiger partial charge is 0.393 e. The first kappa shape index (κ1) is 17.1. The van der Waals surface area contributed by atoms with Crippen molar-refractivity contribution in [3.8, 4) is 0 Å². The van der Waals surface area contributed by atoms with Crippen LogP contribution in [0.2, 0.25) is 0 Å². The Bertz CT molecular complexity index is 500. The number of pyridine rings is 1. The maximum Gasteiger partial charge on any atom is 0.417 e. The van der Waals surface area contributed by atoms with E-state index >= 15 is 0 Å². The molecule has 22 heavy (non-hydrogen) atoms. The van der Waals surface area contributed by atoms with Crippen LogP contribution < -0.4 is 5.32 Å². The molecule has 4 nitrogen and oxygen atoms in total. The number of thioether (sulfide) groups is 1. The summed E-state index contributed by atoms with van der Waals surface area (Å²) in [5.74, 6) is -0.0645. The molecular formula is C14H17F3N2O2S. The lowest BCUT2D eigenvalue weighted by molar-refractivity contribution is -0.137. The molecule has 0 aromatic carbocycles. The standard InChI is InChI=1S/C14H17F3N2O2S/c15-14(16,17)9-1-6-13(18-7-9)22-8-12(21)19-10-2-4-11(20)5-3-10/h1,6-7,10-11,20H,2-5,8H2,(H,19,21). The van der Waals surface area contributed by atoms with Crippen LogP contribution in [0, 0.1) is 0 Å². The largest absolute Gasteiger partial charge is 0.417 e. The maximum absolute atomic E-state index is 12.4. The van der Waals surface area contributed by atoms with E-state index in [1.54, 1.807) is 0 Å². The van der Waals surface area contributed by atoms with Crippen molar-refractivity contribution in [3.63, 3.8) is 0 Å². The van der Waals surface area contributed by atoms with E-state index in [2.05, 4.69) is 10.3 Å². The van der Waals surface area contributed by atoms with Crippen LogP contribution in [-0.2, 0) is 11.0 Å². The summed E-state index contributed by atoms with van der Waals surface area (Å²) in [6.07, 6.45) is -1.07. The Morgan fingerprint density at radius 3 is 2.55 bits per heavy atom. The van der Waals surface area contributed by atoms with Crippen LogP contribution in [0.15, 0.2) is 23.4 Å². The molecule has 2 rings (SSSR count). The molecule has 0 spiro atoms. The van der Waals surface area contributed by atoms with Crippen LogP contribution in [0.5, 0.6) is 0 Å². The highest BCUT2D eigenvalue weighted by atomic mass is 32.2. The second kappa shape index (κ2) is 7.32. The number of carbonyl (C=O) groups excluding carboxylic acids is 1. The first-order chi connectivity index (χ1) is 10.3. The van der Waals surface area contributed by atoms with Gasteiger partial charge in [0.05, 0.1) is 22.4 Å². The summed E-state index contributed by atoms with van der Waals surface area (Å²) in [6, 6.07) is 2.28. The second-order valence-corrected chi connectivity index (χ2v) is 6.24. The van der Waals surface area contributed by atoms with Crippen molar-refractivity contribution in [1.29, 1.82) is 0 Å². The SMILES string of the molecule is O=C(CSc1ccc(C(F)(F)F)cn1)NC1CCC(O)CC1. The maximum atomic E-state index is 12.4. The van der Waals surface area contributed by atoms with Crippen molar-refractivity contribution in [3.05, 3.63) is 23.9 Å². The van der Waals surface area contributed by atoms with Crippen LogP contribution in [0.4, 0.5) is 13.2 Å². The number of aromatic nitrogens is 1. The van der Waals surface area contributed by atoms with Gasteiger partial charge in [-0.2, -0.15) is 13.2 Å². The number of amides is 1. The summed E-state index contributed by atoms with van der Waals surface area (Å²) in [5.41, 5.74) is -0.804. The first-order valence-electron chi connectivity index (χ1n) is 6.98. The van der Waals surface area contributed by atoms with Gasteiger partial charge in [-0.1, -0.05) is 11.8 Å². The fourth-order valence-corrected chi connectivity index (χ4v) is 2.92. The Morgan fingerprint density at radius 2 is 2.00 bits per heavy atom. The lowest BCUT2D eigenvalue weighted by atomic mass is 9.93. The van der Waals surface area contributed by atoms with Gasteiger partial charge in [-0.25, -0.2) is 4.98 Å². The lowest BCUT2D eigenvalue weighted by Gasteiger charge is -2.26. The molecule has 1 aliphatic rings. The number of alkyl halides is 3. The minimum absolute atomic E-state index is 0.0667. The second-order valence-electron chi connectivity index (χ2n) is 5.24. The van der Waals surface area contributed by atoms with Crippen molar-refractivity contribution in [2.45, 2.75) is 49.0 Å². The van der Waals surface area contributed by atoms with Crippen LogP contribution in [0.3, 0.4) is 0 Å². The molecule has 1 aromatic heterocycles. The number of aliphatic hydroxyl groups excluding tert-OH is 1. The van der Waals surface area contributed by atoms with Gasteiger partial charge in [0.2, 0.25) is 5.91 Å². The zero-order chi connectivity index (χ0) is 16.2. The van der Waals surface area contributed by atoms with E-state index in [0.717, 1.165) is 36.9 Å². The van der Waals surface area contributed by atoms with Crippen LogP contribution in [0.1, 0.15) is 31.2 Å². The lowest BCUT2D eigenvalue weighted by Crippen LogP contribution is -2.39. The van der Waals surface area contributed by atoms with E-state index in [4.69, 9.17) is 0 Å². The average molecular weight is 334 g/mol. The minimum Gasteiger partial charge on any atom is -0.393 e. The number of nitrogens with zero attached hydrogens (tertiary/aromatic N) is 1. The molecular weight excluding hydrogens is 317 g/mol. The average Bonchev–Trinajstić information content (AvgIpc) is 2.47. The van der Waals surface area contributed by atoms with Gasteiger partial charge in [0.1, 0.15) is 0 Å². The van der Waals surface area contributed by atoms with Crippen molar-refractivity contribution < 1.29 is 23.1 Å². The molecule has 2 N–H and O–H groups in total. The van der Waals surface area contributed by atoms with E-state index in [1.165, 1.54) is 6.07 Å². The number of hydrogen-bond donors (Lipinski definition) is 2. The molecule has 122 valence electrons. The van der Waals surface area contributed by atoms with Crippen LogP contribution in [-0.4, -0.2) is 33.9 Å². The van der Waals surface area contributed by atoms with Gasteiger partial charge in [-0.05, 0) is 37.8 Å². The van der Waals surface area contributed by atoms with Crippen molar-refractivity contribution in [2.24, 2.45) is 0 Å². The highest BCUT2D eigenvalue weighted by Crippen LogP contribution is 2.29. The van der Waals surface area contributed by atoms with Crippen LogP contribution >= 0.6 is 11.8 Å². The molecule has 0 aliphatic heterocycles. The van der Waals surface area contributed by atoms with E-state index < -0.39 is 11.7 Å². The Morgan fingerprint density at radius 1 is 1.32 bits per heavy atom. The minimum atomic E-state index is -4.40. The third-order valence-electron chi connectivity index (χ3n) is 3.48. The molecule has 0 bridgehead atoms. The molecule has 0 atom stereocenters. The third-order valence-corrected chi connectivity index (χ3v) is 4.42. The molecule has 1 fully saturated rings. The van der Waals surface area contributed by atoms with Crippen molar-refractivity contribution >= 4 is 17.7 Å². The predicted molar refractivity (Wildman–Crippen MR) is 76.4 cm³/mol.